The number of benzene rings is 1. The van der Waals surface area contributed by atoms with Crippen LogP contribution in [-0.4, -0.2) is 15.6 Å². The van der Waals surface area contributed by atoms with Crippen molar-refractivity contribution in [2.24, 2.45) is 0 Å². The third kappa shape index (κ3) is 3.14. The topological polar surface area (TPSA) is 50.4 Å². The number of halogens is 1. The highest BCUT2D eigenvalue weighted by Crippen LogP contribution is 2.26. The van der Waals surface area contributed by atoms with Gasteiger partial charge in [0.2, 0.25) is 0 Å². The number of aromatic nitrogens is 1. The molecule has 4 rings (SSSR count). The number of nitrogens with zero attached hydrogens (tertiary/aromatic N) is 2. The predicted octanol–water partition coefficient (Wildman–Crippen LogP) is 4.15. The maximum absolute atomic E-state index is 14.1. The Morgan fingerprint density at radius 2 is 2.00 bits per heavy atom. The Morgan fingerprint density at radius 1 is 1.21 bits per heavy atom. The third-order valence-corrected chi connectivity index (χ3v) is 5.06. The first-order chi connectivity index (χ1) is 13.5. The first-order valence-corrected chi connectivity index (χ1v) is 9.17. The van der Waals surface area contributed by atoms with Crippen LogP contribution >= 0.6 is 12.2 Å². The van der Waals surface area contributed by atoms with Crippen molar-refractivity contribution in [1.82, 2.24) is 9.88 Å². The number of hydrogen-bond donors (Lipinski definition) is 1. The SMILES string of the molecule is Cc1cc(/C=C2\NC(=S)N(c3ccccc3F)C2=O)c(C)n1Cc1ccco1. The van der Waals surface area contributed by atoms with E-state index in [0.29, 0.717) is 12.2 Å². The number of anilines is 1. The maximum atomic E-state index is 14.1. The average Bonchev–Trinajstić information content (AvgIpc) is 3.34. The van der Waals surface area contributed by atoms with Crippen LogP contribution in [0.3, 0.4) is 0 Å². The van der Waals surface area contributed by atoms with E-state index in [4.69, 9.17) is 16.6 Å². The molecule has 0 unspecified atom stereocenters. The minimum atomic E-state index is -0.502. The zero-order valence-corrected chi connectivity index (χ0v) is 16.2. The lowest BCUT2D eigenvalue weighted by Gasteiger charge is -2.14. The predicted molar refractivity (Wildman–Crippen MR) is 109 cm³/mol. The van der Waals surface area contributed by atoms with Crippen LogP contribution in [-0.2, 0) is 11.3 Å². The molecule has 1 N–H and O–H groups in total. The van der Waals surface area contributed by atoms with E-state index in [1.165, 1.54) is 17.0 Å². The van der Waals surface area contributed by atoms with Gasteiger partial charge in [-0.3, -0.25) is 4.79 Å². The van der Waals surface area contributed by atoms with Crippen LogP contribution in [0.15, 0.2) is 58.8 Å². The molecular weight excluding hydrogens is 377 g/mol. The summed E-state index contributed by atoms with van der Waals surface area (Å²) in [4.78, 5) is 14.0. The van der Waals surface area contributed by atoms with Gasteiger partial charge in [-0.1, -0.05) is 12.1 Å². The molecule has 3 heterocycles. The fourth-order valence-corrected chi connectivity index (χ4v) is 3.61. The van der Waals surface area contributed by atoms with Crippen molar-refractivity contribution in [1.29, 1.82) is 0 Å². The standard InChI is InChI=1S/C21H18FN3O2S/c1-13-10-15(14(2)24(13)12-16-6-5-9-27-16)11-18-20(26)25(21(28)23-18)19-8-4-3-7-17(19)22/h3-11H,12H2,1-2H3,(H,23,28)/b18-11-. The van der Waals surface area contributed by atoms with Gasteiger partial charge in [0.05, 0.1) is 18.5 Å². The Labute approximate surface area is 167 Å². The summed E-state index contributed by atoms with van der Waals surface area (Å²) in [6.45, 7) is 4.59. The molecule has 0 atom stereocenters. The molecule has 1 aliphatic rings. The van der Waals surface area contributed by atoms with Crippen molar-refractivity contribution in [3.63, 3.8) is 0 Å². The molecule has 5 nitrogen and oxygen atoms in total. The fraction of sp³-hybridized carbons (Fsp3) is 0.143. The van der Waals surface area contributed by atoms with Crippen molar-refractivity contribution in [2.45, 2.75) is 20.4 Å². The van der Waals surface area contributed by atoms with Gasteiger partial charge in [-0.05, 0) is 68.0 Å². The van der Waals surface area contributed by atoms with Crippen LogP contribution in [0, 0.1) is 19.7 Å². The minimum absolute atomic E-state index is 0.136. The second kappa shape index (κ2) is 7.09. The third-order valence-electron chi connectivity index (χ3n) is 4.78. The first kappa shape index (κ1) is 18.2. The number of amides is 1. The molecule has 3 aromatic rings. The van der Waals surface area contributed by atoms with Crippen molar-refractivity contribution >= 4 is 35.0 Å². The van der Waals surface area contributed by atoms with E-state index < -0.39 is 5.82 Å². The number of hydrogen-bond acceptors (Lipinski definition) is 3. The Kier molecular flexibility index (Phi) is 4.60. The van der Waals surface area contributed by atoms with Gasteiger partial charge in [0.25, 0.3) is 5.91 Å². The number of nitrogens with one attached hydrogen (secondary N) is 1. The van der Waals surface area contributed by atoms with Crippen LogP contribution < -0.4 is 10.2 Å². The Bertz CT molecular complexity index is 1100. The van der Waals surface area contributed by atoms with Crippen LogP contribution in [0.4, 0.5) is 10.1 Å². The average molecular weight is 395 g/mol. The molecule has 0 saturated carbocycles. The molecule has 0 aliphatic carbocycles. The van der Waals surface area contributed by atoms with Gasteiger partial charge in [0.15, 0.2) is 5.11 Å². The molecule has 1 fully saturated rings. The molecule has 0 bridgehead atoms. The smallest absolute Gasteiger partial charge is 0.281 e. The Morgan fingerprint density at radius 3 is 2.71 bits per heavy atom. The van der Waals surface area contributed by atoms with Crippen LogP contribution in [0.1, 0.15) is 22.7 Å². The molecule has 1 amide bonds. The zero-order chi connectivity index (χ0) is 19.8. The summed E-state index contributed by atoms with van der Waals surface area (Å²) in [7, 11) is 0. The number of para-hydroxylation sites is 1. The summed E-state index contributed by atoms with van der Waals surface area (Å²) >= 11 is 5.26. The quantitative estimate of drug-likeness (QED) is 0.533. The Hall–Kier alpha value is -3.19. The fourth-order valence-electron chi connectivity index (χ4n) is 3.32. The maximum Gasteiger partial charge on any atom is 0.281 e. The second-order valence-electron chi connectivity index (χ2n) is 6.57. The van der Waals surface area contributed by atoms with E-state index in [2.05, 4.69) is 9.88 Å². The van der Waals surface area contributed by atoms with Gasteiger partial charge < -0.3 is 14.3 Å². The summed E-state index contributed by atoms with van der Waals surface area (Å²) in [6, 6.07) is 11.8. The molecule has 1 aromatic carbocycles. The van der Waals surface area contributed by atoms with Crippen molar-refractivity contribution < 1.29 is 13.6 Å². The lowest BCUT2D eigenvalue weighted by molar-refractivity contribution is -0.113. The van der Waals surface area contributed by atoms with Crippen LogP contribution in [0.25, 0.3) is 6.08 Å². The number of rotatable bonds is 4. The van der Waals surface area contributed by atoms with Crippen molar-refractivity contribution in [2.75, 3.05) is 4.90 Å². The lowest BCUT2D eigenvalue weighted by atomic mass is 10.2. The van der Waals surface area contributed by atoms with E-state index >= 15 is 0 Å². The monoisotopic (exact) mass is 395 g/mol. The van der Waals surface area contributed by atoms with E-state index in [1.807, 2.05) is 32.0 Å². The molecule has 2 aromatic heterocycles. The highest BCUT2D eigenvalue weighted by Gasteiger charge is 2.33. The summed E-state index contributed by atoms with van der Waals surface area (Å²) in [5.41, 5.74) is 3.37. The van der Waals surface area contributed by atoms with Crippen molar-refractivity contribution in [3.8, 4) is 0 Å². The Balaban J connectivity index is 1.66. The normalized spacial score (nSPS) is 15.5. The van der Waals surface area contributed by atoms with Crippen molar-refractivity contribution in [3.05, 3.63) is 83.0 Å². The number of carbonyl (C=O) groups is 1. The van der Waals surface area contributed by atoms with E-state index in [1.54, 1.807) is 24.5 Å². The lowest BCUT2D eigenvalue weighted by Crippen LogP contribution is -2.31. The second-order valence-corrected chi connectivity index (χ2v) is 6.96. The zero-order valence-electron chi connectivity index (χ0n) is 15.4. The van der Waals surface area contributed by atoms with E-state index in [-0.39, 0.29) is 16.7 Å². The largest absolute Gasteiger partial charge is 0.467 e. The van der Waals surface area contributed by atoms with E-state index in [9.17, 15) is 9.18 Å². The molecule has 0 spiro atoms. The molecule has 28 heavy (non-hydrogen) atoms. The highest BCUT2D eigenvalue weighted by atomic mass is 32.1. The van der Waals surface area contributed by atoms with Gasteiger partial charge in [0.1, 0.15) is 17.3 Å². The van der Waals surface area contributed by atoms with Gasteiger partial charge in [0, 0.05) is 11.4 Å². The van der Waals surface area contributed by atoms with Crippen LogP contribution in [0.5, 0.6) is 0 Å². The van der Waals surface area contributed by atoms with Gasteiger partial charge in [-0.2, -0.15) is 0 Å². The first-order valence-electron chi connectivity index (χ1n) is 8.76. The minimum Gasteiger partial charge on any atom is -0.467 e. The molecule has 1 aliphatic heterocycles. The molecule has 1 saturated heterocycles. The van der Waals surface area contributed by atoms with Gasteiger partial charge >= 0.3 is 0 Å². The number of carbonyl (C=O) groups excluding carboxylic acids is 1. The van der Waals surface area contributed by atoms with Crippen LogP contribution in [0.2, 0.25) is 0 Å². The molecule has 0 radical (unpaired) electrons. The molecular formula is C21H18FN3O2S. The number of thiocarbonyl (C=S) groups is 1. The summed E-state index contributed by atoms with van der Waals surface area (Å²) < 4.78 is 21.7. The highest BCUT2D eigenvalue weighted by molar-refractivity contribution is 7.80. The summed E-state index contributed by atoms with van der Waals surface area (Å²) in [5, 5.41) is 3.06. The van der Waals surface area contributed by atoms with E-state index in [0.717, 1.165) is 22.7 Å². The summed E-state index contributed by atoms with van der Waals surface area (Å²) in [6.07, 6.45) is 3.39. The summed E-state index contributed by atoms with van der Waals surface area (Å²) in [5.74, 6) is -0.0354. The molecule has 7 heteroatoms. The van der Waals surface area contributed by atoms with Gasteiger partial charge in [-0.15, -0.1) is 0 Å². The molecule has 142 valence electrons. The van der Waals surface area contributed by atoms with Gasteiger partial charge in [-0.25, -0.2) is 9.29 Å². The number of furan rings is 1. The number of aryl methyl sites for hydroxylation is 1.